The number of fused-ring (bicyclic) bond motifs is 1. The maximum Gasteiger partial charge on any atom is 0.281 e. The molecule has 0 radical (unpaired) electrons. The number of amides is 2. The minimum Gasteiger partial charge on any atom is -0.277 e. The Morgan fingerprint density at radius 3 is 2.84 bits per heavy atom. The van der Waals surface area contributed by atoms with Gasteiger partial charge in [0.05, 0.1) is 13.9 Å². The van der Waals surface area contributed by atoms with Gasteiger partial charge >= 0.3 is 0 Å². The third-order valence-corrected chi connectivity index (χ3v) is 12.2. The zero-order valence-corrected chi connectivity index (χ0v) is 14.7. The molecule has 2 amide bonds. The van der Waals surface area contributed by atoms with Crippen LogP contribution in [0.3, 0.4) is 0 Å². The number of unbranched alkanes of at least 4 members (excludes halogenated alkanes) is 1. The highest BCUT2D eigenvalue weighted by Crippen LogP contribution is 2.66. The van der Waals surface area contributed by atoms with E-state index in [1.807, 2.05) is 6.92 Å². The second-order valence-electron chi connectivity index (χ2n) is 4.13. The van der Waals surface area contributed by atoms with Crippen LogP contribution in [0.15, 0.2) is 0 Å². The van der Waals surface area contributed by atoms with Crippen LogP contribution in [-0.2, 0) is 11.2 Å². The van der Waals surface area contributed by atoms with Gasteiger partial charge in [-0.2, -0.15) is 0 Å². The van der Waals surface area contributed by atoms with Gasteiger partial charge in [-0.25, -0.2) is 4.45 Å². The summed E-state index contributed by atoms with van der Waals surface area (Å²) in [5.41, 5.74) is 1.01. The first-order valence-corrected chi connectivity index (χ1v) is 12.5. The van der Waals surface area contributed by atoms with Gasteiger partial charge in [-0.1, -0.05) is 27.5 Å². The van der Waals surface area contributed by atoms with Crippen molar-refractivity contribution in [3.63, 3.8) is 0 Å². The molecule has 1 aliphatic rings. The van der Waals surface area contributed by atoms with Crippen molar-refractivity contribution in [2.75, 3.05) is 6.54 Å². The highest BCUT2D eigenvalue weighted by molar-refractivity contribution is 8.60. The van der Waals surface area contributed by atoms with Crippen molar-refractivity contribution in [3.8, 4) is 0 Å². The van der Waals surface area contributed by atoms with Crippen LogP contribution in [-0.4, -0.2) is 38.0 Å². The van der Waals surface area contributed by atoms with Gasteiger partial charge in [-0.15, -0.1) is 14.0 Å². The molecule has 4 atom stereocenters. The maximum atomic E-state index is 12.4. The second-order valence-corrected chi connectivity index (χ2v) is 12.9. The molecule has 19 heavy (non-hydrogen) atoms. The van der Waals surface area contributed by atoms with Gasteiger partial charge in [0.2, 0.25) is 5.91 Å². The molecule has 2 heterocycles. The first kappa shape index (κ1) is 15.4. The average molecular weight is 336 g/mol. The number of imide groups is 1. The molecule has 1 aliphatic heterocycles. The van der Waals surface area contributed by atoms with Crippen LogP contribution in [0.2, 0.25) is 0 Å². The van der Waals surface area contributed by atoms with E-state index in [9.17, 15) is 9.59 Å². The van der Waals surface area contributed by atoms with E-state index in [1.54, 1.807) is 4.45 Å². The largest absolute Gasteiger partial charge is 0.281 e. The van der Waals surface area contributed by atoms with Gasteiger partial charge in [-0.05, 0) is 14.4 Å². The van der Waals surface area contributed by atoms with Crippen molar-refractivity contribution >= 4 is 45.1 Å². The van der Waals surface area contributed by atoms with Crippen LogP contribution >= 0.6 is 33.3 Å². The van der Waals surface area contributed by atoms with Crippen LogP contribution in [0, 0.1) is 0 Å². The van der Waals surface area contributed by atoms with E-state index in [4.69, 9.17) is 0 Å². The molecule has 0 aromatic carbocycles. The van der Waals surface area contributed by atoms with Gasteiger partial charge in [0.15, 0.2) is 5.69 Å². The number of hydrogen-bond donors (Lipinski definition) is 0. The zero-order valence-electron chi connectivity index (χ0n) is 10.5. The number of aromatic nitrogens is 3. The smallest absolute Gasteiger partial charge is 0.277 e. The van der Waals surface area contributed by atoms with Crippen LogP contribution < -0.4 is 0 Å². The Bertz CT molecular complexity index is 506. The molecule has 6 nitrogen and oxygen atoms in total. The third kappa shape index (κ3) is 3.03. The van der Waals surface area contributed by atoms with Crippen LogP contribution in [0.25, 0.3) is 0 Å². The molecule has 10 heteroatoms. The molecule has 104 valence electrons. The number of nitrogens with zero attached hydrogens (tertiary/aromatic N) is 4. The summed E-state index contributed by atoms with van der Waals surface area (Å²) < 4.78 is 1.68. The van der Waals surface area contributed by atoms with E-state index in [0.29, 0.717) is 25.9 Å². The van der Waals surface area contributed by atoms with Crippen molar-refractivity contribution in [3.05, 3.63) is 11.4 Å². The first-order chi connectivity index (χ1) is 9.10. The number of carbonyl (C=O) groups excluding carboxylic acids is 2. The Morgan fingerprint density at radius 1 is 1.47 bits per heavy atom. The predicted molar refractivity (Wildman–Crippen MR) is 84.7 cm³/mol. The molecule has 0 fully saturated rings. The van der Waals surface area contributed by atoms with E-state index >= 15 is 0 Å². The number of hydrogen-bond acceptors (Lipinski definition) is 4. The minimum atomic E-state index is -0.632. The van der Waals surface area contributed by atoms with E-state index in [-0.39, 0.29) is 18.2 Å². The van der Waals surface area contributed by atoms with Gasteiger partial charge in [-0.3, -0.25) is 14.5 Å². The number of rotatable bonds is 5. The van der Waals surface area contributed by atoms with Crippen LogP contribution in [0.4, 0.5) is 0 Å². The van der Waals surface area contributed by atoms with E-state index in [0.717, 1.165) is 12.8 Å². The fourth-order valence-electron chi connectivity index (χ4n) is 1.86. The van der Waals surface area contributed by atoms with Gasteiger partial charge < -0.3 is 0 Å². The van der Waals surface area contributed by atoms with Crippen molar-refractivity contribution in [2.24, 2.45) is 0 Å². The highest BCUT2D eigenvalue weighted by atomic mass is 32.6. The zero-order chi connectivity index (χ0) is 14.0. The predicted octanol–water partition coefficient (Wildman–Crippen LogP) is 2.02. The summed E-state index contributed by atoms with van der Waals surface area (Å²) in [4.78, 5) is 25.7. The molecular formula is C9H16N4O2P4. The van der Waals surface area contributed by atoms with Gasteiger partial charge in [0, 0.05) is 6.54 Å². The average Bonchev–Trinajstić information content (AvgIpc) is 2.81. The van der Waals surface area contributed by atoms with Crippen LogP contribution in [0.5, 0.6) is 0 Å². The summed E-state index contributed by atoms with van der Waals surface area (Å²) in [5.74, 6) is -0.415. The Morgan fingerprint density at radius 2 is 2.21 bits per heavy atom. The molecule has 0 N–H and O–H groups in total. The monoisotopic (exact) mass is 336 g/mol. The van der Waals surface area contributed by atoms with Crippen molar-refractivity contribution in [2.45, 2.75) is 26.2 Å². The van der Waals surface area contributed by atoms with Crippen molar-refractivity contribution in [1.82, 2.24) is 19.7 Å². The van der Waals surface area contributed by atoms with E-state index in [1.165, 1.54) is 4.90 Å². The lowest BCUT2D eigenvalue weighted by molar-refractivity contribution is -0.128. The molecule has 0 spiro atoms. The Labute approximate surface area is 119 Å². The van der Waals surface area contributed by atoms with Crippen LogP contribution in [0.1, 0.15) is 35.9 Å². The molecule has 0 saturated heterocycles. The second kappa shape index (κ2) is 6.64. The molecular weight excluding hydrogens is 320 g/mol. The topological polar surface area (TPSA) is 68.1 Å². The Kier molecular flexibility index (Phi) is 5.37. The molecule has 4 unspecified atom stereocenters. The molecule has 2 rings (SSSR count). The minimum absolute atomic E-state index is 0.167. The Hall–Kier alpha value is -0.000000000000000111. The summed E-state index contributed by atoms with van der Waals surface area (Å²) >= 11 is 0. The van der Waals surface area contributed by atoms with Crippen molar-refractivity contribution < 1.29 is 9.59 Å². The fourth-order valence-corrected chi connectivity index (χ4v) is 4.73. The molecule has 0 bridgehead atoms. The molecule has 1 aromatic rings. The van der Waals surface area contributed by atoms with Gasteiger partial charge in [0.25, 0.3) is 5.91 Å². The third-order valence-electron chi connectivity index (χ3n) is 2.86. The van der Waals surface area contributed by atoms with E-state index in [2.05, 4.69) is 28.2 Å². The first-order valence-electron chi connectivity index (χ1n) is 5.90. The summed E-state index contributed by atoms with van der Waals surface area (Å²) in [7, 11) is 5.31. The lowest BCUT2D eigenvalue weighted by Gasteiger charge is -2.25. The Balaban J connectivity index is 2.33. The molecule has 1 aromatic heterocycles. The number of carbonyl (C=O) groups is 2. The lowest BCUT2D eigenvalue weighted by Crippen LogP contribution is -2.43. The normalized spacial score (nSPS) is 17.3. The summed E-state index contributed by atoms with van der Waals surface area (Å²) in [6.07, 6.45) is 1.96. The molecule has 0 aliphatic carbocycles. The van der Waals surface area contributed by atoms with Crippen molar-refractivity contribution in [1.29, 1.82) is 0 Å². The van der Waals surface area contributed by atoms with Gasteiger partial charge in [0.1, 0.15) is 5.69 Å². The summed E-state index contributed by atoms with van der Waals surface area (Å²) in [6.45, 7) is 2.52. The lowest BCUT2D eigenvalue weighted by atomic mass is 10.1. The maximum absolute atomic E-state index is 12.4. The highest BCUT2D eigenvalue weighted by Gasteiger charge is 2.36. The van der Waals surface area contributed by atoms with E-state index < -0.39 is 7.45 Å². The SMILES string of the molecule is CCCCN1C(=O)Cc2nnn(P(P)PP)c2C1=O. The summed E-state index contributed by atoms with van der Waals surface area (Å²) in [6, 6.07) is 0. The molecule has 0 saturated carbocycles. The fraction of sp³-hybridized carbons (Fsp3) is 0.556. The quantitative estimate of drug-likeness (QED) is 0.609. The summed E-state index contributed by atoms with van der Waals surface area (Å²) in [5, 5.41) is 8.02. The standard InChI is InChI=1S/C9H16N4O2P4/c1-2-3-4-12-7(14)5-6-8(9(12)15)13(11-10-6)19(17)18-16/h18H,2-5,16-17H2,1H3.